The highest BCUT2D eigenvalue weighted by molar-refractivity contribution is 7.12. The second kappa shape index (κ2) is 5.92. The fourth-order valence-corrected chi connectivity index (χ4v) is 2.70. The second-order valence-electron chi connectivity index (χ2n) is 4.30. The lowest BCUT2D eigenvalue weighted by molar-refractivity contribution is 0.0698. The molecule has 6 heteroatoms. The van der Waals surface area contributed by atoms with Gasteiger partial charge in [0.1, 0.15) is 5.82 Å². The molecule has 0 atom stereocenters. The summed E-state index contributed by atoms with van der Waals surface area (Å²) in [5.41, 5.74) is 5.43. The molecule has 20 heavy (non-hydrogen) atoms. The number of anilines is 2. The molecule has 1 aromatic heterocycles. The third kappa shape index (κ3) is 3.08. The van der Waals surface area contributed by atoms with E-state index >= 15 is 0 Å². The summed E-state index contributed by atoms with van der Waals surface area (Å²) in [7, 11) is 0. The molecule has 2 aromatic rings. The van der Waals surface area contributed by atoms with Gasteiger partial charge in [-0.05, 0) is 30.7 Å². The second-order valence-corrected chi connectivity index (χ2v) is 5.55. The molecule has 106 valence electrons. The number of halogens is 1. The Kier molecular flexibility index (Phi) is 4.24. The number of carboxylic acids is 1. The minimum absolute atomic E-state index is 0.0788. The van der Waals surface area contributed by atoms with E-state index in [2.05, 4.69) is 12.2 Å². The molecule has 0 amide bonds. The highest BCUT2D eigenvalue weighted by atomic mass is 32.1. The van der Waals surface area contributed by atoms with Crippen molar-refractivity contribution in [2.24, 2.45) is 0 Å². The van der Waals surface area contributed by atoms with Crippen LogP contribution in [-0.2, 0) is 13.0 Å². The van der Waals surface area contributed by atoms with Gasteiger partial charge in [-0.3, -0.25) is 0 Å². The summed E-state index contributed by atoms with van der Waals surface area (Å²) in [6.07, 6.45) is 0.962. The van der Waals surface area contributed by atoms with Crippen LogP contribution in [0.5, 0.6) is 0 Å². The molecule has 0 aliphatic rings. The third-order valence-corrected chi connectivity index (χ3v) is 4.12. The van der Waals surface area contributed by atoms with E-state index in [1.54, 1.807) is 11.3 Å². The molecule has 1 heterocycles. The van der Waals surface area contributed by atoms with Crippen LogP contribution in [-0.4, -0.2) is 11.1 Å². The fraction of sp³-hybridized carbons (Fsp3) is 0.214. The monoisotopic (exact) mass is 294 g/mol. The summed E-state index contributed by atoms with van der Waals surface area (Å²) in [4.78, 5) is 13.3. The maximum Gasteiger partial charge on any atom is 0.337 e. The third-order valence-electron chi connectivity index (χ3n) is 2.89. The number of aryl methyl sites for hydroxylation is 1. The number of nitrogen functional groups attached to an aromatic ring is 1. The van der Waals surface area contributed by atoms with Gasteiger partial charge in [-0.2, -0.15) is 0 Å². The average Bonchev–Trinajstić information content (AvgIpc) is 2.85. The SMILES string of the molecule is CCc1ccc(CNc2cc(C(=O)O)c(N)cc2F)s1. The van der Waals surface area contributed by atoms with Gasteiger partial charge in [-0.15, -0.1) is 11.3 Å². The van der Waals surface area contributed by atoms with Gasteiger partial charge in [0.2, 0.25) is 0 Å². The maximum atomic E-state index is 13.7. The number of hydrogen-bond donors (Lipinski definition) is 3. The zero-order chi connectivity index (χ0) is 14.7. The molecule has 0 spiro atoms. The molecule has 4 N–H and O–H groups in total. The van der Waals surface area contributed by atoms with Crippen molar-refractivity contribution >= 4 is 28.7 Å². The lowest BCUT2D eigenvalue weighted by Crippen LogP contribution is -2.07. The van der Waals surface area contributed by atoms with E-state index in [0.29, 0.717) is 6.54 Å². The van der Waals surface area contributed by atoms with Gasteiger partial charge in [0.05, 0.1) is 11.3 Å². The van der Waals surface area contributed by atoms with Crippen LogP contribution >= 0.6 is 11.3 Å². The number of nitrogens with two attached hydrogens (primary N) is 1. The summed E-state index contributed by atoms with van der Waals surface area (Å²) in [5.74, 6) is -1.73. The molecule has 0 fully saturated rings. The summed E-state index contributed by atoms with van der Waals surface area (Å²) in [6.45, 7) is 2.52. The molecule has 0 aliphatic carbocycles. The maximum absolute atomic E-state index is 13.7. The van der Waals surface area contributed by atoms with E-state index in [-0.39, 0.29) is 16.9 Å². The van der Waals surface area contributed by atoms with Crippen molar-refractivity contribution in [3.05, 3.63) is 45.4 Å². The Labute approximate surface area is 120 Å². The normalized spacial score (nSPS) is 10.5. The van der Waals surface area contributed by atoms with Gasteiger partial charge in [-0.1, -0.05) is 6.92 Å². The summed E-state index contributed by atoms with van der Waals surface area (Å²) < 4.78 is 13.7. The van der Waals surface area contributed by atoms with E-state index in [1.165, 1.54) is 10.9 Å². The van der Waals surface area contributed by atoms with Crippen LogP contribution in [0.15, 0.2) is 24.3 Å². The Balaban J connectivity index is 2.16. The summed E-state index contributed by atoms with van der Waals surface area (Å²) >= 11 is 1.65. The largest absolute Gasteiger partial charge is 0.478 e. The summed E-state index contributed by atoms with van der Waals surface area (Å²) in [6, 6.07) is 6.26. The highest BCUT2D eigenvalue weighted by Gasteiger charge is 2.13. The van der Waals surface area contributed by atoms with Crippen molar-refractivity contribution in [2.45, 2.75) is 19.9 Å². The van der Waals surface area contributed by atoms with E-state index in [1.807, 2.05) is 12.1 Å². The first kappa shape index (κ1) is 14.3. The molecule has 2 rings (SSSR count). The number of hydrogen-bond acceptors (Lipinski definition) is 4. The first-order valence-electron chi connectivity index (χ1n) is 6.15. The number of carboxylic acid groups (broad SMARTS) is 1. The van der Waals surface area contributed by atoms with Gasteiger partial charge in [0, 0.05) is 22.0 Å². The van der Waals surface area contributed by atoms with E-state index in [4.69, 9.17) is 10.8 Å². The van der Waals surface area contributed by atoms with Crippen LogP contribution in [0.25, 0.3) is 0 Å². The Morgan fingerprint density at radius 2 is 2.10 bits per heavy atom. The number of thiophene rings is 1. The van der Waals surface area contributed by atoms with Crippen LogP contribution in [0.2, 0.25) is 0 Å². The van der Waals surface area contributed by atoms with Gasteiger partial charge in [0.25, 0.3) is 0 Å². The molecular weight excluding hydrogens is 279 g/mol. The smallest absolute Gasteiger partial charge is 0.337 e. The zero-order valence-electron chi connectivity index (χ0n) is 10.9. The van der Waals surface area contributed by atoms with Crippen molar-refractivity contribution in [3.63, 3.8) is 0 Å². The molecular formula is C14H15FN2O2S. The minimum Gasteiger partial charge on any atom is -0.478 e. The Hall–Kier alpha value is -2.08. The Morgan fingerprint density at radius 3 is 2.70 bits per heavy atom. The van der Waals surface area contributed by atoms with Gasteiger partial charge >= 0.3 is 5.97 Å². The topological polar surface area (TPSA) is 75.3 Å². The van der Waals surface area contributed by atoms with E-state index in [0.717, 1.165) is 17.4 Å². The van der Waals surface area contributed by atoms with Crippen LogP contribution in [0, 0.1) is 5.82 Å². The van der Waals surface area contributed by atoms with Crippen LogP contribution in [0.1, 0.15) is 27.0 Å². The van der Waals surface area contributed by atoms with Crippen molar-refractivity contribution < 1.29 is 14.3 Å². The van der Waals surface area contributed by atoms with Crippen molar-refractivity contribution in [1.82, 2.24) is 0 Å². The van der Waals surface area contributed by atoms with Crippen LogP contribution < -0.4 is 11.1 Å². The predicted octanol–water partition coefficient (Wildman–Crippen LogP) is 3.34. The molecule has 0 aliphatic heterocycles. The fourth-order valence-electron chi connectivity index (χ4n) is 1.80. The quantitative estimate of drug-likeness (QED) is 0.739. The molecule has 0 saturated carbocycles. The van der Waals surface area contributed by atoms with Crippen molar-refractivity contribution in [2.75, 3.05) is 11.1 Å². The lowest BCUT2D eigenvalue weighted by Gasteiger charge is -2.09. The molecule has 4 nitrogen and oxygen atoms in total. The predicted molar refractivity (Wildman–Crippen MR) is 78.8 cm³/mol. The van der Waals surface area contributed by atoms with Gasteiger partial charge in [0.15, 0.2) is 0 Å². The molecule has 1 aromatic carbocycles. The molecule has 0 radical (unpaired) electrons. The zero-order valence-corrected chi connectivity index (χ0v) is 11.8. The first-order chi connectivity index (χ1) is 9.51. The van der Waals surface area contributed by atoms with Crippen molar-refractivity contribution in [1.29, 1.82) is 0 Å². The number of benzene rings is 1. The molecule has 0 bridgehead atoms. The number of rotatable bonds is 5. The minimum atomic E-state index is -1.17. The Bertz CT molecular complexity index is 640. The van der Waals surface area contributed by atoms with Gasteiger partial charge in [-0.25, -0.2) is 9.18 Å². The molecule has 0 saturated heterocycles. The van der Waals surface area contributed by atoms with E-state index in [9.17, 15) is 9.18 Å². The average molecular weight is 294 g/mol. The van der Waals surface area contributed by atoms with E-state index < -0.39 is 11.8 Å². The highest BCUT2D eigenvalue weighted by Crippen LogP contribution is 2.24. The standard InChI is InChI=1S/C14H15FN2O2S/c1-2-8-3-4-9(20-8)7-17-13-5-10(14(18)19)12(16)6-11(13)15/h3-6,17H,2,7,16H2,1H3,(H,18,19). The van der Waals surface area contributed by atoms with Crippen LogP contribution in [0.3, 0.4) is 0 Å². The number of aromatic carboxylic acids is 1. The Morgan fingerprint density at radius 1 is 1.40 bits per heavy atom. The first-order valence-corrected chi connectivity index (χ1v) is 6.96. The number of nitrogens with one attached hydrogen (secondary N) is 1. The van der Waals surface area contributed by atoms with Gasteiger partial charge < -0.3 is 16.2 Å². The number of carbonyl (C=O) groups is 1. The van der Waals surface area contributed by atoms with Crippen LogP contribution in [0.4, 0.5) is 15.8 Å². The molecule has 0 unspecified atom stereocenters. The lowest BCUT2D eigenvalue weighted by atomic mass is 10.1. The summed E-state index contributed by atoms with van der Waals surface area (Å²) in [5, 5.41) is 11.9. The van der Waals surface area contributed by atoms with Crippen molar-refractivity contribution in [3.8, 4) is 0 Å².